The molecule has 1 saturated heterocycles. The van der Waals surface area contributed by atoms with Crippen molar-refractivity contribution >= 4 is 46.5 Å². The number of amides is 3. The van der Waals surface area contributed by atoms with Gasteiger partial charge in [-0.3, -0.25) is 14.6 Å². The summed E-state index contributed by atoms with van der Waals surface area (Å²) in [5, 5.41) is 4.22. The van der Waals surface area contributed by atoms with Crippen molar-refractivity contribution in [2.45, 2.75) is 33.0 Å². The molecule has 1 aromatic heterocycles. The van der Waals surface area contributed by atoms with E-state index in [0.717, 1.165) is 16.9 Å². The van der Waals surface area contributed by atoms with E-state index in [2.05, 4.69) is 10.3 Å². The van der Waals surface area contributed by atoms with Gasteiger partial charge in [-0.1, -0.05) is 35.1 Å². The summed E-state index contributed by atoms with van der Waals surface area (Å²) < 4.78 is 10.7. The second-order valence-electron chi connectivity index (χ2n) is 7.88. The van der Waals surface area contributed by atoms with Crippen molar-refractivity contribution in [2.75, 3.05) is 18.5 Å². The normalized spacial score (nSPS) is 15.7. The fraction of sp³-hybridized carbons (Fsp3) is 0.280. The van der Waals surface area contributed by atoms with Crippen molar-refractivity contribution in [3.05, 3.63) is 70.2 Å². The lowest BCUT2D eigenvalue weighted by atomic mass is 10.1. The monoisotopic (exact) mass is 528 g/mol. The highest BCUT2D eigenvalue weighted by molar-refractivity contribution is 7.15. The average molecular weight is 529 g/mol. The predicted molar refractivity (Wildman–Crippen MR) is 136 cm³/mol. The molecule has 0 saturated carbocycles. The highest BCUT2D eigenvalue weighted by Crippen LogP contribution is 2.29. The van der Waals surface area contributed by atoms with Crippen LogP contribution >= 0.6 is 22.9 Å². The van der Waals surface area contributed by atoms with Gasteiger partial charge in [-0.15, -0.1) is 0 Å². The van der Waals surface area contributed by atoms with Gasteiger partial charge in [0.25, 0.3) is 5.19 Å². The standard InChI is InChI=1S/C25H25ClN4O5S/c1-3-29-22(31)13-21(30(25(29)33)15-16-5-7-17(26)8-6-16)28-18-9-11-19(12-10-18)35-24-27-14-20(36-24)23(32)34-4-2/h5-12,14,21,28H,3-4,13,15H2,1-2H3. The quantitative estimate of drug-likeness (QED) is 0.372. The van der Waals surface area contributed by atoms with Gasteiger partial charge >= 0.3 is 12.0 Å². The molecule has 9 nitrogen and oxygen atoms in total. The number of hydrogen-bond donors (Lipinski definition) is 1. The maximum atomic E-state index is 13.1. The molecular formula is C25H25ClN4O5S. The third kappa shape index (κ3) is 5.95. The number of urea groups is 1. The van der Waals surface area contributed by atoms with E-state index in [1.54, 1.807) is 55.1 Å². The second-order valence-corrected chi connectivity index (χ2v) is 9.31. The summed E-state index contributed by atoms with van der Waals surface area (Å²) in [5.41, 5.74) is 1.62. The van der Waals surface area contributed by atoms with Gasteiger partial charge < -0.3 is 14.8 Å². The number of anilines is 1. The van der Waals surface area contributed by atoms with Crippen LogP contribution in [0.5, 0.6) is 10.9 Å². The second kappa shape index (κ2) is 11.4. The average Bonchev–Trinajstić information content (AvgIpc) is 3.33. The minimum atomic E-state index is -0.527. The maximum absolute atomic E-state index is 13.1. The van der Waals surface area contributed by atoms with Gasteiger partial charge in [-0.25, -0.2) is 14.6 Å². The predicted octanol–water partition coefficient (Wildman–Crippen LogP) is 5.38. The minimum absolute atomic E-state index is 0.140. The number of halogens is 1. The van der Waals surface area contributed by atoms with E-state index in [0.29, 0.717) is 39.6 Å². The van der Waals surface area contributed by atoms with Gasteiger partial charge in [0.1, 0.15) is 16.8 Å². The molecular weight excluding hydrogens is 504 g/mol. The highest BCUT2D eigenvalue weighted by Gasteiger charge is 2.38. The molecule has 2 heterocycles. The zero-order chi connectivity index (χ0) is 25.7. The molecule has 0 bridgehead atoms. The maximum Gasteiger partial charge on any atom is 0.350 e. The number of carbonyl (C=O) groups excluding carboxylic acids is 3. The Kier molecular flexibility index (Phi) is 8.07. The molecule has 1 N–H and O–H groups in total. The third-order valence-corrected chi connectivity index (χ3v) is 6.57. The summed E-state index contributed by atoms with van der Waals surface area (Å²) in [5.74, 6) is -0.143. The summed E-state index contributed by atoms with van der Waals surface area (Å²) in [6.07, 6.45) is 1.03. The van der Waals surface area contributed by atoms with Crippen LogP contribution < -0.4 is 10.1 Å². The van der Waals surface area contributed by atoms with Crippen LogP contribution in [0.2, 0.25) is 5.02 Å². The third-order valence-electron chi connectivity index (χ3n) is 5.46. The molecule has 3 amide bonds. The molecule has 36 heavy (non-hydrogen) atoms. The molecule has 0 aliphatic carbocycles. The summed E-state index contributed by atoms with van der Waals surface area (Å²) >= 11 is 7.09. The molecule has 188 valence electrons. The molecule has 1 fully saturated rings. The SMILES string of the molecule is CCOC(=O)c1cnc(Oc2ccc(NC3CC(=O)N(CC)C(=O)N3Cc3ccc(Cl)cc3)cc2)s1. The number of imide groups is 1. The topological polar surface area (TPSA) is 101 Å². The number of esters is 1. The van der Waals surface area contributed by atoms with E-state index in [1.165, 1.54) is 11.1 Å². The number of ether oxygens (including phenoxy) is 2. The summed E-state index contributed by atoms with van der Waals surface area (Å²) in [7, 11) is 0. The molecule has 1 unspecified atom stereocenters. The molecule has 0 spiro atoms. The first-order chi connectivity index (χ1) is 17.4. The van der Waals surface area contributed by atoms with Crippen LogP contribution in [0.1, 0.15) is 35.5 Å². The zero-order valence-corrected chi connectivity index (χ0v) is 21.3. The fourth-order valence-corrected chi connectivity index (χ4v) is 4.51. The molecule has 1 atom stereocenters. The Morgan fingerprint density at radius 3 is 2.53 bits per heavy atom. The number of nitrogens with one attached hydrogen (secondary N) is 1. The van der Waals surface area contributed by atoms with Crippen LogP contribution in [0.15, 0.2) is 54.7 Å². The van der Waals surface area contributed by atoms with E-state index in [1.807, 2.05) is 12.1 Å². The molecule has 3 aromatic rings. The van der Waals surface area contributed by atoms with Gasteiger partial charge in [-0.05, 0) is 55.8 Å². The number of aromatic nitrogens is 1. The number of hydrogen-bond acceptors (Lipinski definition) is 8. The Morgan fingerprint density at radius 1 is 1.14 bits per heavy atom. The Morgan fingerprint density at radius 2 is 1.86 bits per heavy atom. The van der Waals surface area contributed by atoms with E-state index in [-0.39, 0.29) is 25.0 Å². The number of nitrogens with zero attached hydrogens (tertiary/aromatic N) is 3. The van der Waals surface area contributed by atoms with Gasteiger partial charge in [0, 0.05) is 23.8 Å². The largest absolute Gasteiger partial charge is 0.462 e. The summed E-state index contributed by atoms with van der Waals surface area (Å²) in [4.78, 5) is 44.9. The number of benzene rings is 2. The van der Waals surface area contributed by atoms with Crippen LogP contribution in [-0.2, 0) is 16.1 Å². The molecule has 1 aliphatic heterocycles. The fourth-order valence-electron chi connectivity index (χ4n) is 3.70. The molecule has 0 radical (unpaired) electrons. The van der Waals surface area contributed by atoms with Gasteiger partial charge in [0.2, 0.25) is 5.91 Å². The van der Waals surface area contributed by atoms with Crippen LogP contribution in [0.4, 0.5) is 10.5 Å². The first kappa shape index (κ1) is 25.5. The van der Waals surface area contributed by atoms with Crippen molar-refractivity contribution in [3.63, 3.8) is 0 Å². The van der Waals surface area contributed by atoms with E-state index in [4.69, 9.17) is 21.1 Å². The van der Waals surface area contributed by atoms with Crippen molar-refractivity contribution < 1.29 is 23.9 Å². The number of carbonyl (C=O) groups is 3. The number of rotatable bonds is 9. The van der Waals surface area contributed by atoms with Gasteiger partial charge in [-0.2, -0.15) is 0 Å². The van der Waals surface area contributed by atoms with Crippen molar-refractivity contribution in [1.29, 1.82) is 0 Å². The molecule has 2 aromatic carbocycles. The number of thiazole rings is 1. The van der Waals surface area contributed by atoms with E-state index >= 15 is 0 Å². The lowest BCUT2D eigenvalue weighted by molar-refractivity contribution is -0.132. The van der Waals surface area contributed by atoms with Crippen molar-refractivity contribution in [1.82, 2.24) is 14.8 Å². The lowest BCUT2D eigenvalue weighted by Crippen LogP contribution is -2.58. The van der Waals surface area contributed by atoms with Crippen LogP contribution in [-0.4, -0.2) is 52.0 Å². The summed E-state index contributed by atoms with van der Waals surface area (Å²) in [6, 6.07) is 14.0. The van der Waals surface area contributed by atoms with Crippen LogP contribution in [0.25, 0.3) is 0 Å². The Balaban J connectivity index is 1.46. The minimum Gasteiger partial charge on any atom is -0.462 e. The summed E-state index contributed by atoms with van der Waals surface area (Å²) in [6.45, 7) is 4.43. The van der Waals surface area contributed by atoms with Crippen LogP contribution in [0, 0.1) is 0 Å². The Hall–Kier alpha value is -3.63. The zero-order valence-electron chi connectivity index (χ0n) is 19.8. The smallest absolute Gasteiger partial charge is 0.350 e. The van der Waals surface area contributed by atoms with Crippen molar-refractivity contribution in [3.8, 4) is 10.9 Å². The Labute approximate surface area is 217 Å². The Bertz CT molecular complexity index is 1230. The first-order valence-corrected chi connectivity index (χ1v) is 12.6. The van der Waals surface area contributed by atoms with Crippen LogP contribution in [0.3, 0.4) is 0 Å². The van der Waals surface area contributed by atoms with E-state index < -0.39 is 12.1 Å². The van der Waals surface area contributed by atoms with Gasteiger partial charge in [0.05, 0.1) is 19.2 Å². The lowest BCUT2D eigenvalue weighted by Gasteiger charge is -2.40. The molecule has 11 heteroatoms. The highest BCUT2D eigenvalue weighted by atomic mass is 35.5. The van der Waals surface area contributed by atoms with Crippen molar-refractivity contribution in [2.24, 2.45) is 0 Å². The van der Waals surface area contributed by atoms with E-state index in [9.17, 15) is 14.4 Å². The molecule has 1 aliphatic rings. The van der Waals surface area contributed by atoms with Gasteiger partial charge in [0.15, 0.2) is 0 Å². The first-order valence-electron chi connectivity index (χ1n) is 11.4. The molecule has 4 rings (SSSR count).